The van der Waals surface area contributed by atoms with Gasteiger partial charge in [0.15, 0.2) is 0 Å². The molecule has 0 saturated heterocycles. The van der Waals surface area contributed by atoms with Gasteiger partial charge in [0.05, 0.1) is 0 Å². The molecule has 0 aromatic heterocycles. The molecule has 1 aromatic carbocycles. The summed E-state index contributed by atoms with van der Waals surface area (Å²) in [4.78, 5) is 0. The zero-order valence-electron chi connectivity index (χ0n) is 14.1. The van der Waals surface area contributed by atoms with Gasteiger partial charge in [-0.3, -0.25) is 0 Å². The minimum absolute atomic E-state index is 0.368. The van der Waals surface area contributed by atoms with Crippen LogP contribution in [0.2, 0.25) is 0 Å². The van der Waals surface area contributed by atoms with Crippen LogP contribution in [0.25, 0.3) is 0 Å². The Bertz CT molecular complexity index is 441. The summed E-state index contributed by atoms with van der Waals surface area (Å²) in [5, 5.41) is 3.66. The summed E-state index contributed by atoms with van der Waals surface area (Å²) in [5.74, 6) is 1.62. The molecule has 1 saturated carbocycles. The average Bonchev–Trinajstić information content (AvgIpc) is 2.45. The zero-order valence-corrected chi connectivity index (χ0v) is 14.1. The van der Waals surface area contributed by atoms with Gasteiger partial charge in [-0.25, -0.2) is 0 Å². The summed E-state index contributed by atoms with van der Waals surface area (Å²) in [6.07, 6.45) is 6.48. The fourth-order valence-corrected chi connectivity index (χ4v) is 3.19. The summed E-state index contributed by atoms with van der Waals surface area (Å²) in [5.41, 5.74) is 2.62. The second-order valence-corrected chi connectivity index (χ2v) is 6.75. The van der Waals surface area contributed by atoms with Crippen molar-refractivity contribution in [3.63, 3.8) is 0 Å². The predicted octanol–water partition coefficient (Wildman–Crippen LogP) is 4.81. The molecule has 1 fully saturated rings. The van der Waals surface area contributed by atoms with Gasteiger partial charge in [-0.1, -0.05) is 32.9 Å². The molecule has 2 unspecified atom stereocenters. The van der Waals surface area contributed by atoms with Crippen LogP contribution in [0.4, 0.5) is 0 Å². The molecule has 0 spiro atoms. The Kier molecular flexibility index (Phi) is 6.10. The molecule has 1 aliphatic carbocycles. The largest absolute Gasteiger partial charge is 0.490 e. The first-order valence-corrected chi connectivity index (χ1v) is 8.60. The van der Waals surface area contributed by atoms with Crippen molar-refractivity contribution in [1.82, 2.24) is 5.32 Å². The van der Waals surface area contributed by atoms with Crippen molar-refractivity contribution >= 4 is 0 Å². The maximum Gasteiger partial charge on any atom is 0.123 e. The normalized spacial score (nSPS) is 22.5. The molecule has 0 aliphatic heterocycles. The minimum atomic E-state index is 0.368. The monoisotopic (exact) mass is 289 g/mol. The number of nitrogens with one attached hydrogen (secondary N) is 1. The first kappa shape index (κ1) is 16.4. The van der Waals surface area contributed by atoms with E-state index in [1.807, 2.05) is 0 Å². The lowest BCUT2D eigenvalue weighted by molar-refractivity contribution is 0.133. The molecule has 0 amide bonds. The maximum atomic E-state index is 6.40. The highest BCUT2D eigenvalue weighted by atomic mass is 16.5. The Morgan fingerprint density at radius 3 is 2.81 bits per heavy atom. The molecule has 0 heterocycles. The smallest absolute Gasteiger partial charge is 0.123 e. The average molecular weight is 289 g/mol. The minimum Gasteiger partial charge on any atom is -0.490 e. The summed E-state index contributed by atoms with van der Waals surface area (Å²) in [6.45, 7) is 9.97. The summed E-state index contributed by atoms with van der Waals surface area (Å²) >= 11 is 0. The Labute approximate surface area is 130 Å². The van der Waals surface area contributed by atoms with E-state index in [1.165, 1.54) is 36.8 Å². The first-order chi connectivity index (χ1) is 10.1. The van der Waals surface area contributed by atoms with Crippen LogP contribution >= 0.6 is 0 Å². The molecule has 2 atom stereocenters. The van der Waals surface area contributed by atoms with Crippen molar-refractivity contribution in [3.05, 3.63) is 29.3 Å². The van der Waals surface area contributed by atoms with Gasteiger partial charge in [0, 0.05) is 6.04 Å². The third-order valence-corrected chi connectivity index (χ3v) is 4.39. The van der Waals surface area contributed by atoms with Gasteiger partial charge in [-0.05, 0) is 68.7 Å². The number of benzene rings is 1. The Balaban J connectivity index is 2.02. The third-order valence-electron chi connectivity index (χ3n) is 4.39. The van der Waals surface area contributed by atoms with Gasteiger partial charge in [0.25, 0.3) is 0 Å². The maximum absolute atomic E-state index is 6.40. The van der Waals surface area contributed by atoms with E-state index in [-0.39, 0.29) is 0 Å². The zero-order chi connectivity index (χ0) is 15.2. The van der Waals surface area contributed by atoms with E-state index in [0.29, 0.717) is 18.1 Å². The van der Waals surface area contributed by atoms with Crippen LogP contribution in [-0.2, 0) is 0 Å². The van der Waals surface area contributed by atoms with Crippen LogP contribution in [-0.4, -0.2) is 18.7 Å². The molecule has 0 radical (unpaired) electrons. The van der Waals surface area contributed by atoms with E-state index in [1.54, 1.807) is 0 Å². The molecule has 2 heteroatoms. The van der Waals surface area contributed by atoms with E-state index in [0.717, 1.165) is 18.7 Å². The Hall–Kier alpha value is -1.02. The van der Waals surface area contributed by atoms with E-state index >= 15 is 0 Å². The first-order valence-electron chi connectivity index (χ1n) is 8.60. The summed E-state index contributed by atoms with van der Waals surface area (Å²) in [7, 11) is 0. The van der Waals surface area contributed by atoms with Gasteiger partial charge < -0.3 is 10.1 Å². The van der Waals surface area contributed by atoms with Crippen LogP contribution in [0.3, 0.4) is 0 Å². The van der Waals surface area contributed by atoms with Gasteiger partial charge in [-0.15, -0.1) is 0 Å². The topological polar surface area (TPSA) is 21.3 Å². The second kappa shape index (κ2) is 7.84. The lowest BCUT2D eigenvalue weighted by Crippen LogP contribution is -2.38. The van der Waals surface area contributed by atoms with E-state index < -0.39 is 0 Å². The van der Waals surface area contributed by atoms with E-state index in [2.05, 4.69) is 51.2 Å². The molecule has 0 bridgehead atoms. The summed E-state index contributed by atoms with van der Waals surface area (Å²) < 4.78 is 6.40. The molecule has 21 heavy (non-hydrogen) atoms. The Morgan fingerprint density at radius 2 is 2.10 bits per heavy atom. The molecule has 2 nitrogen and oxygen atoms in total. The standard InChI is InChI=1S/C19H31NO/c1-5-11-20-16-7-6-8-17(13-16)21-19-12-15(4)9-10-18(19)14(2)3/h9-10,12,14,16-17,20H,5-8,11,13H2,1-4H3. The predicted molar refractivity (Wildman–Crippen MR) is 90.2 cm³/mol. The van der Waals surface area contributed by atoms with Gasteiger partial charge in [0.1, 0.15) is 11.9 Å². The highest BCUT2D eigenvalue weighted by Crippen LogP contribution is 2.31. The molecule has 1 N–H and O–H groups in total. The van der Waals surface area contributed by atoms with Crippen molar-refractivity contribution in [3.8, 4) is 5.75 Å². The van der Waals surface area contributed by atoms with Crippen molar-refractivity contribution in [2.75, 3.05) is 6.54 Å². The number of ether oxygens (including phenoxy) is 1. The highest BCUT2D eigenvalue weighted by molar-refractivity contribution is 5.39. The van der Waals surface area contributed by atoms with Crippen molar-refractivity contribution in [1.29, 1.82) is 0 Å². The van der Waals surface area contributed by atoms with E-state index in [9.17, 15) is 0 Å². The summed E-state index contributed by atoms with van der Waals surface area (Å²) in [6, 6.07) is 7.26. The van der Waals surface area contributed by atoms with Crippen LogP contribution in [0.15, 0.2) is 18.2 Å². The third kappa shape index (κ3) is 4.74. The number of aryl methyl sites for hydroxylation is 1. The molecule has 2 rings (SSSR count). The van der Waals surface area contributed by atoms with E-state index in [4.69, 9.17) is 4.74 Å². The van der Waals surface area contributed by atoms with Crippen molar-refractivity contribution in [2.24, 2.45) is 0 Å². The SMILES string of the molecule is CCCNC1CCCC(Oc2cc(C)ccc2C(C)C)C1. The number of hydrogen-bond donors (Lipinski definition) is 1. The molecule has 1 aromatic rings. The van der Waals surface area contributed by atoms with Crippen LogP contribution in [0, 0.1) is 6.92 Å². The fraction of sp³-hybridized carbons (Fsp3) is 0.684. The van der Waals surface area contributed by atoms with Crippen LogP contribution in [0.5, 0.6) is 5.75 Å². The van der Waals surface area contributed by atoms with Crippen LogP contribution in [0.1, 0.15) is 69.9 Å². The van der Waals surface area contributed by atoms with Crippen molar-refractivity contribution < 1.29 is 4.74 Å². The Morgan fingerprint density at radius 1 is 1.29 bits per heavy atom. The van der Waals surface area contributed by atoms with Gasteiger partial charge in [-0.2, -0.15) is 0 Å². The molecule has 118 valence electrons. The molecular weight excluding hydrogens is 258 g/mol. The van der Waals surface area contributed by atoms with Crippen LogP contribution < -0.4 is 10.1 Å². The van der Waals surface area contributed by atoms with Crippen molar-refractivity contribution in [2.45, 2.75) is 77.9 Å². The molecule has 1 aliphatic rings. The lowest BCUT2D eigenvalue weighted by atomic mass is 9.92. The van der Waals surface area contributed by atoms with Gasteiger partial charge in [0.2, 0.25) is 0 Å². The lowest BCUT2D eigenvalue weighted by Gasteiger charge is -2.31. The van der Waals surface area contributed by atoms with Gasteiger partial charge >= 0.3 is 0 Å². The fourth-order valence-electron chi connectivity index (χ4n) is 3.19. The molecular formula is C19H31NO. The second-order valence-electron chi connectivity index (χ2n) is 6.75. The quantitative estimate of drug-likeness (QED) is 0.811. The number of rotatable bonds is 6. The number of hydrogen-bond acceptors (Lipinski definition) is 2. The highest BCUT2D eigenvalue weighted by Gasteiger charge is 2.23.